The van der Waals surface area contributed by atoms with Crippen LogP contribution in [0.4, 0.5) is 0 Å². The molecular formula is C16H29N3O2. The van der Waals surface area contributed by atoms with Crippen LogP contribution in [0.2, 0.25) is 0 Å². The Bertz CT molecular complexity index is 353. The van der Waals surface area contributed by atoms with Gasteiger partial charge in [-0.3, -0.25) is 9.59 Å². The molecule has 0 bridgehead atoms. The molecule has 120 valence electrons. The summed E-state index contributed by atoms with van der Waals surface area (Å²) in [6.45, 7) is 5.56. The monoisotopic (exact) mass is 295 g/mol. The van der Waals surface area contributed by atoms with Crippen molar-refractivity contribution in [2.24, 2.45) is 5.92 Å². The van der Waals surface area contributed by atoms with Gasteiger partial charge in [-0.25, -0.2) is 0 Å². The summed E-state index contributed by atoms with van der Waals surface area (Å²) >= 11 is 0. The van der Waals surface area contributed by atoms with Crippen LogP contribution < -0.4 is 10.6 Å². The van der Waals surface area contributed by atoms with E-state index in [1.165, 1.54) is 12.8 Å². The van der Waals surface area contributed by atoms with Crippen LogP contribution in [-0.4, -0.2) is 48.9 Å². The van der Waals surface area contributed by atoms with Crippen molar-refractivity contribution >= 4 is 11.8 Å². The van der Waals surface area contributed by atoms with Gasteiger partial charge in [0.2, 0.25) is 11.8 Å². The minimum Gasteiger partial charge on any atom is -0.354 e. The third-order valence-electron chi connectivity index (χ3n) is 4.55. The predicted molar refractivity (Wildman–Crippen MR) is 82.9 cm³/mol. The molecule has 5 nitrogen and oxygen atoms in total. The van der Waals surface area contributed by atoms with E-state index in [1.807, 2.05) is 6.92 Å². The zero-order valence-electron chi connectivity index (χ0n) is 13.2. The molecule has 2 amide bonds. The Labute approximate surface area is 127 Å². The van der Waals surface area contributed by atoms with Crippen LogP contribution in [0, 0.1) is 5.92 Å². The van der Waals surface area contributed by atoms with E-state index in [2.05, 4.69) is 10.6 Å². The molecule has 0 aromatic heterocycles. The number of carbonyl (C=O) groups excluding carboxylic acids is 2. The van der Waals surface area contributed by atoms with Crippen molar-refractivity contribution in [2.75, 3.05) is 26.2 Å². The van der Waals surface area contributed by atoms with Gasteiger partial charge in [-0.1, -0.05) is 6.92 Å². The fourth-order valence-corrected chi connectivity index (χ4v) is 3.32. The molecule has 2 rings (SSSR count). The summed E-state index contributed by atoms with van der Waals surface area (Å²) in [7, 11) is 0. The predicted octanol–water partition coefficient (Wildman–Crippen LogP) is 1.28. The van der Waals surface area contributed by atoms with Crippen molar-refractivity contribution in [3.63, 3.8) is 0 Å². The minimum atomic E-state index is -0.241. The van der Waals surface area contributed by atoms with Gasteiger partial charge in [0.05, 0.1) is 0 Å². The van der Waals surface area contributed by atoms with Gasteiger partial charge in [0.15, 0.2) is 0 Å². The lowest BCUT2D eigenvalue weighted by molar-refractivity contribution is -0.142. The van der Waals surface area contributed by atoms with E-state index in [0.717, 1.165) is 51.9 Å². The lowest BCUT2D eigenvalue weighted by Gasteiger charge is -2.35. The van der Waals surface area contributed by atoms with Gasteiger partial charge in [-0.05, 0) is 57.5 Å². The van der Waals surface area contributed by atoms with Gasteiger partial charge in [0, 0.05) is 19.5 Å². The molecule has 0 aliphatic carbocycles. The summed E-state index contributed by atoms with van der Waals surface area (Å²) in [6, 6.07) is -0.241. The van der Waals surface area contributed by atoms with Gasteiger partial charge >= 0.3 is 0 Å². The Morgan fingerprint density at radius 2 is 2.10 bits per heavy atom. The molecule has 0 aromatic rings. The Kier molecular flexibility index (Phi) is 6.49. The molecule has 2 N–H and O–H groups in total. The van der Waals surface area contributed by atoms with Gasteiger partial charge in [0.1, 0.15) is 6.04 Å². The number of nitrogens with one attached hydrogen (secondary N) is 2. The van der Waals surface area contributed by atoms with Crippen LogP contribution >= 0.6 is 0 Å². The standard InChI is InChI=1S/C16H29N3O2/c1-2-6-15(20)19-10-4-3-8-14(19)16(21)18-12-13-7-5-9-17-11-13/h13-14,17H,2-12H2,1H3,(H,18,21). The quantitative estimate of drug-likeness (QED) is 0.803. The summed E-state index contributed by atoms with van der Waals surface area (Å²) in [5.41, 5.74) is 0. The SMILES string of the molecule is CCCC(=O)N1CCCCC1C(=O)NCC1CCCNC1. The van der Waals surface area contributed by atoms with E-state index in [0.29, 0.717) is 12.3 Å². The van der Waals surface area contributed by atoms with Crippen molar-refractivity contribution in [3.8, 4) is 0 Å². The molecule has 2 unspecified atom stereocenters. The number of hydrogen-bond acceptors (Lipinski definition) is 3. The molecule has 2 saturated heterocycles. The maximum atomic E-state index is 12.4. The van der Waals surface area contributed by atoms with E-state index >= 15 is 0 Å². The number of carbonyl (C=O) groups is 2. The topological polar surface area (TPSA) is 61.4 Å². The van der Waals surface area contributed by atoms with Crippen LogP contribution in [0.1, 0.15) is 51.9 Å². The zero-order chi connectivity index (χ0) is 15.1. The van der Waals surface area contributed by atoms with Crippen LogP contribution in [0.3, 0.4) is 0 Å². The average Bonchev–Trinajstić information content (AvgIpc) is 2.54. The summed E-state index contributed by atoms with van der Waals surface area (Å²) in [4.78, 5) is 26.4. The molecule has 21 heavy (non-hydrogen) atoms. The number of amides is 2. The largest absolute Gasteiger partial charge is 0.354 e. The second kappa shape index (κ2) is 8.37. The normalized spacial score (nSPS) is 26.4. The molecule has 2 atom stereocenters. The van der Waals surface area contributed by atoms with Gasteiger partial charge < -0.3 is 15.5 Å². The highest BCUT2D eigenvalue weighted by Crippen LogP contribution is 2.19. The fraction of sp³-hybridized carbons (Fsp3) is 0.875. The Morgan fingerprint density at radius 3 is 2.81 bits per heavy atom. The molecule has 0 saturated carbocycles. The second-order valence-corrected chi connectivity index (χ2v) is 6.31. The first-order valence-electron chi connectivity index (χ1n) is 8.50. The van der Waals surface area contributed by atoms with Crippen LogP contribution in [0.25, 0.3) is 0 Å². The molecule has 0 radical (unpaired) electrons. The van der Waals surface area contributed by atoms with Gasteiger partial charge in [-0.15, -0.1) is 0 Å². The van der Waals surface area contributed by atoms with Crippen molar-refractivity contribution in [1.29, 1.82) is 0 Å². The lowest BCUT2D eigenvalue weighted by atomic mass is 9.98. The highest BCUT2D eigenvalue weighted by molar-refractivity contribution is 5.87. The Morgan fingerprint density at radius 1 is 1.24 bits per heavy atom. The van der Waals surface area contributed by atoms with Crippen molar-refractivity contribution in [2.45, 2.75) is 57.9 Å². The summed E-state index contributed by atoms with van der Waals surface area (Å²) < 4.78 is 0. The zero-order valence-corrected chi connectivity index (χ0v) is 13.2. The molecule has 2 aliphatic heterocycles. The molecular weight excluding hydrogens is 266 g/mol. The van der Waals surface area contributed by atoms with Gasteiger partial charge in [-0.2, -0.15) is 0 Å². The molecule has 2 fully saturated rings. The Balaban J connectivity index is 1.84. The van der Waals surface area contributed by atoms with Crippen molar-refractivity contribution < 1.29 is 9.59 Å². The molecule has 5 heteroatoms. The first-order chi connectivity index (χ1) is 10.2. The molecule has 0 aromatic carbocycles. The van der Waals surface area contributed by atoms with Gasteiger partial charge in [0.25, 0.3) is 0 Å². The van der Waals surface area contributed by atoms with E-state index in [1.54, 1.807) is 4.90 Å². The number of likely N-dealkylation sites (tertiary alicyclic amines) is 1. The van der Waals surface area contributed by atoms with E-state index in [9.17, 15) is 9.59 Å². The average molecular weight is 295 g/mol. The van der Waals surface area contributed by atoms with Crippen LogP contribution in [-0.2, 0) is 9.59 Å². The van der Waals surface area contributed by atoms with Crippen molar-refractivity contribution in [1.82, 2.24) is 15.5 Å². The number of piperidine rings is 2. The number of hydrogen-bond donors (Lipinski definition) is 2. The fourth-order valence-electron chi connectivity index (χ4n) is 3.32. The van der Waals surface area contributed by atoms with Crippen LogP contribution in [0.5, 0.6) is 0 Å². The molecule has 2 aliphatic rings. The first kappa shape index (κ1) is 16.3. The first-order valence-corrected chi connectivity index (χ1v) is 8.50. The van der Waals surface area contributed by atoms with E-state index < -0.39 is 0 Å². The summed E-state index contributed by atoms with van der Waals surface area (Å²) in [5, 5.41) is 6.44. The molecule has 0 spiro atoms. The summed E-state index contributed by atoms with van der Waals surface area (Å²) in [5.74, 6) is 0.715. The summed E-state index contributed by atoms with van der Waals surface area (Å²) in [6.07, 6.45) is 6.63. The minimum absolute atomic E-state index is 0.0460. The number of nitrogens with zero attached hydrogens (tertiary/aromatic N) is 1. The third kappa shape index (κ3) is 4.70. The highest BCUT2D eigenvalue weighted by atomic mass is 16.2. The lowest BCUT2D eigenvalue weighted by Crippen LogP contribution is -2.53. The maximum Gasteiger partial charge on any atom is 0.242 e. The van der Waals surface area contributed by atoms with Crippen LogP contribution in [0.15, 0.2) is 0 Å². The van der Waals surface area contributed by atoms with Crippen molar-refractivity contribution in [3.05, 3.63) is 0 Å². The Hall–Kier alpha value is -1.10. The molecule has 2 heterocycles. The van der Waals surface area contributed by atoms with E-state index in [4.69, 9.17) is 0 Å². The third-order valence-corrected chi connectivity index (χ3v) is 4.55. The van der Waals surface area contributed by atoms with E-state index in [-0.39, 0.29) is 17.9 Å². The number of rotatable bonds is 5. The second-order valence-electron chi connectivity index (χ2n) is 6.31. The highest BCUT2D eigenvalue weighted by Gasteiger charge is 2.31. The smallest absolute Gasteiger partial charge is 0.242 e. The maximum absolute atomic E-state index is 12.4.